The summed E-state index contributed by atoms with van der Waals surface area (Å²) in [5.74, 6) is 0.557. The van der Waals surface area contributed by atoms with Crippen molar-refractivity contribution in [3.8, 4) is 11.5 Å². The molecular formula is C14H11BrClFO2. The summed E-state index contributed by atoms with van der Waals surface area (Å²) < 4.78 is 19.1. The molecule has 0 aliphatic carbocycles. The molecule has 19 heavy (non-hydrogen) atoms. The van der Waals surface area contributed by atoms with E-state index in [0.29, 0.717) is 26.6 Å². The normalized spacial score (nSPS) is 12.3. The Bertz CT molecular complexity index is 602. The van der Waals surface area contributed by atoms with Crippen LogP contribution >= 0.6 is 27.5 Å². The zero-order valence-corrected chi connectivity index (χ0v) is 12.4. The van der Waals surface area contributed by atoms with Crippen LogP contribution in [0.1, 0.15) is 18.6 Å². The molecule has 0 bridgehead atoms. The maximum atomic E-state index is 13.0. The predicted molar refractivity (Wildman–Crippen MR) is 76.3 cm³/mol. The van der Waals surface area contributed by atoms with Crippen LogP contribution in [0.15, 0.2) is 40.9 Å². The fraction of sp³-hybridized carbons (Fsp3) is 0.143. The van der Waals surface area contributed by atoms with Crippen molar-refractivity contribution in [2.24, 2.45) is 0 Å². The van der Waals surface area contributed by atoms with Gasteiger partial charge in [-0.3, -0.25) is 0 Å². The van der Waals surface area contributed by atoms with E-state index in [4.69, 9.17) is 16.3 Å². The van der Waals surface area contributed by atoms with Gasteiger partial charge in [-0.25, -0.2) is 4.39 Å². The largest absolute Gasteiger partial charge is 0.455 e. The van der Waals surface area contributed by atoms with Crippen molar-refractivity contribution in [3.63, 3.8) is 0 Å². The average molecular weight is 346 g/mol. The van der Waals surface area contributed by atoms with Gasteiger partial charge < -0.3 is 9.84 Å². The van der Waals surface area contributed by atoms with Gasteiger partial charge in [0.15, 0.2) is 0 Å². The molecule has 2 rings (SSSR count). The van der Waals surface area contributed by atoms with E-state index in [1.807, 2.05) is 0 Å². The summed E-state index contributed by atoms with van der Waals surface area (Å²) in [5.41, 5.74) is 0.704. The minimum absolute atomic E-state index is 0.352. The van der Waals surface area contributed by atoms with Gasteiger partial charge >= 0.3 is 0 Å². The lowest BCUT2D eigenvalue weighted by molar-refractivity contribution is 0.199. The first-order chi connectivity index (χ1) is 8.97. The van der Waals surface area contributed by atoms with Gasteiger partial charge in [0.2, 0.25) is 0 Å². The monoisotopic (exact) mass is 344 g/mol. The van der Waals surface area contributed by atoms with E-state index in [0.717, 1.165) is 0 Å². The van der Waals surface area contributed by atoms with E-state index in [1.165, 1.54) is 18.2 Å². The first-order valence-corrected chi connectivity index (χ1v) is 6.75. The Morgan fingerprint density at radius 2 is 1.89 bits per heavy atom. The lowest BCUT2D eigenvalue weighted by atomic mass is 10.1. The lowest BCUT2D eigenvalue weighted by Crippen LogP contribution is -1.92. The Hall–Kier alpha value is -1.10. The quantitative estimate of drug-likeness (QED) is 0.840. The van der Waals surface area contributed by atoms with Crippen LogP contribution in [0.5, 0.6) is 11.5 Å². The maximum Gasteiger partial charge on any atom is 0.146 e. The minimum atomic E-state index is -0.593. The Labute approximate surface area is 123 Å². The van der Waals surface area contributed by atoms with Gasteiger partial charge in [-0.1, -0.05) is 17.7 Å². The summed E-state index contributed by atoms with van der Waals surface area (Å²) in [6.45, 7) is 1.66. The molecule has 0 unspecified atom stereocenters. The molecule has 2 aromatic carbocycles. The topological polar surface area (TPSA) is 29.5 Å². The molecule has 1 atom stereocenters. The maximum absolute atomic E-state index is 13.0. The van der Waals surface area contributed by atoms with Crippen LogP contribution in [-0.4, -0.2) is 5.11 Å². The number of aliphatic hydroxyl groups excluding tert-OH is 1. The van der Waals surface area contributed by atoms with Crippen molar-refractivity contribution < 1.29 is 14.2 Å². The number of aliphatic hydroxyl groups is 1. The van der Waals surface area contributed by atoms with Crippen LogP contribution in [-0.2, 0) is 0 Å². The molecule has 2 aromatic rings. The van der Waals surface area contributed by atoms with E-state index in [-0.39, 0.29) is 5.82 Å². The van der Waals surface area contributed by atoms with Gasteiger partial charge in [0.1, 0.15) is 17.3 Å². The number of benzene rings is 2. The van der Waals surface area contributed by atoms with Crippen LogP contribution in [0, 0.1) is 5.82 Å². The molecule has 2 nitrogen and oxygen atoms in total. The summed E-state index contributed by atoms with van der Waals surface area (Å²) in [6, 6.07) is 9.16. The summed E-state index contributed by atoms with van der Waals surface area (Å²) >= 11 is 9.30. The second kappa shape index (κ2) is 5.90. The predicted octanol–water partition coefficient (Wildman–Crippen LogP) is 5.09. The number of hydrogen-bond donors (Lipinski definition) is 1. The first kappa shape index (κ1) is 14.3. The van der Waals surface area contributed by atoms with Crippen molar-refractivity contribution >= 4 is 27.5 Å². The SMILES string of the molecule is C[C@H](O)c1ccc(Oc2ccc(F)cc2Br)c(Cl)c1. The van der Waals surface area contributed by atoms with E-state index in [9.17, 15) is 9.50 Å². The van der Waals surface area contributed by atoms with E-state index < -0.39 is 6.10 Å². The number of hydrogen-bond acceptors (Lipinski definition) is 2. The molecule has 0 spiro atoms. The standard InChI is InChI=1S/C14H11BrClFO2/c1-8(18)9-2-4-14(12(16)6-9)19-13-5-3-10(17)7-11(13)15/h2-8,18H,1H3/t8-/m0/s1. The zero-order valence-electron chi connectivity index (χ0n) is 10.0. The third-order valence-corrected chi connectivity index (χ3v) is 3.47. The van der Waals surface area contributed by atoms with Gasteiger partial charge in [0.05, 0.1) is 15.6 Å². The average Bonchev–Trinajstić information content (AvgIpc) is 2.34. The van der Waals surface area contributed by atoms with E-state index >= 15 is 0 Å². The number of ether oxygens (including phenoxy) is 1. The Morgan fingerprint density at radius 3 is 2.47 bits per heavy atom. The van der Waals surface area contributed by atoms with Crippen LogP contribution in [0.25, 0.3) is 0 Å². The highest BCUT2D eigenvalue weighted by Crippen LogP contribution is 2.35. The second-order valence-corrected chi connectivity index (χ2v) is 5.30. The van der Waals surface area contributed by atoms with E-state index in [2.05, 4.69) is 15.9 Å². The summed E-state index contributed by atoms with van der Waals surface area (Å²) in [7, 11) is 0. The van der Waals surface area contributed by atoms with Crippen molar-refractivity contribution in [1.82, 2.24) is 0 Å². The van der Waals surface area contributed by atoms with E-state index in [1.54, 1.807) is 25.1 Å². The molecule has 0 fully saturated rings. The van der Waals surface area contributed by atoms with Gasteiger partial charge in [-0.2, -0.15) is 0 Å². The summed E-state index contributed by atoms with van der Waals surface area (Å²) in [6.07, 6.45) is -0.593. The third kappa shape index (κ3) is 3.47. The second-order valence-electron chi connectivity index (χ2n) is 4.04. The molecule has 0 aromatic heterocycles. The highest BCUT2D eigenvalue weighted by molar-refractivity contribution is 9.10. The molecule has 0 saturated heterocycles. The first-order valence-electron chi connectivity index (χ1n) is 5.58. The molecule has 100 valence electrons. The molecule has 1 N–H and O–H groups in total. The highest BCUT2D eigenvalue weighted by atomic mass is 79.9. The lowest BCUT2D eigenvalue weighted by Gasteiger charge is -2.11. The highest BCUT2D eigenvalue weighted by Gasteiger charge is 2.09. The summed E-state index contributed by atoms with van der Waals surface area (Å²) in [5, 5.41) is 9.84. The number of rotatable bonds is 3. The molecule has 0 radical (unpaired) electrons. The van der Waals surface area contributed by atoms with Crippen LogP contribution in [0.4, 0.5) is 4.39 Å². The fourth-order valence-electron chi connectivity index (χ4n) is 1.54. The van der Waals surface area contributed by atoms with Crippen LogP contribution < -0.4 is 4.74 Å². The van der Waals surface area contributed by atoms with Gasteiger partial charge in [-0.05, 0) is 58.7 Å². The fourth-order valence-corrected chi connectivity index (χ4v) is 2.20. The Morgan fingerprint density at radius 1 is 1.21 bits per heavy atom. The molecule has 0 amide bonds. The molecule has 0 aliphatic rings. The molecule has 0 heterocycles. The Balaban J connectivity index is 2.28. The summed E-state index contributed by atoms with van der Waals surface area (Å²) in [4.78, 5) is 0. The van der Waals surface area contributed by atoms with Gasteiger partial charge in [0, 0.05) is 0 Å². The van der Waals surface area contributed by atoms with Crippen LogP contribution in [0.2, 0.25) is 5.02 Å². The molecule has 0 saturated carbocycles. The van der Waals surface area contributed by atoms with Gasteiger partial charge in [0.25, 0.3) is 0 Å². The van der Waals surface area contributed by atoms with Crippen molar-refractivity contribution in [1.29, 1.82) is 0 Å². The smallest absolute Gasteiger partial charge is 0.146 e. The molecular weight excluding hydrogens is 335 g/mol. The van der Waals surface area contributed by atoms with Crippen molar-refractivity contribution in [3.05, 3.63) is 57.3 Å². The zero-order chi connectivity index (χ0) is 14.0. The van der Waals surface area contributed by atoms with Crippen molar-refractivity contribution in [2.75, 3.05) is 0 Å². The molecule has 5 heteroatoms. The molecule has 0 aliphatic heterocycles. The minimum Gasteiger partial charge on any atom is -0.455 e. The number of halogens is 3. The third-order valence-electron chi connectivity index (χ3n) is 2.55. The van der Waals surface area contributed by atoms with Crippen molar-refractivity contribution in [2.45, 2.75) is 13.0 Å². The van der Waals surface area contributed by atoms with Gasteiger partial charge in [-0.15, -0.1) is 0 Å². The van der Waals surface area contributed by atoms with Crippen LogP contribution in [0.3, 0.4) is 0 Å². The Kier molecular flexibility index (Phi) is 4.45.